The average Bonchev–Trinajstić information content (AvgIpc) is 3.99. The van der Waals surface area contributed by atoms with Gasteiger partial charge in [0.25, 0.3) is 0 Å². The smallest absolute Gasteiger partial charge is 0.135 e. The summed E-state index contributed by atoms with van der Waals surface area (Å²) in [4.78, 5) is 0. The van der Waals surface area contributed by atoms with Gasteiger partial charge in [-0.3, -0.25) is 0 Å². The Labute approximate surface area is 305 Å². The number of benzene rings is 7. The van der Waals surface area contributed by atoms with E-state index in [0.29, 0.717) is 0 Å². The minimum Gasteiger partial charge on any atom is -0.464 e. The highest BCUT2D eigenvalue weighted by atomic mass is 32.1. The van der Waals surface area contributed by atoms with Crippen LogP contribution in [0.15, 0.2) is 167 Å². The molecular weight excluding hydrogens is 653 g/mol. The molecule has 10 rings (SSSR count). The summed E-state index contributed by atoms with van der Waals surface area (Å²) in [6, 6.07) is 47.9. The van der Waals surface area contributed by atoms with E-state index >= 15 is 0 Å². The molecule has 0 bridgehead atoms. The van der Waals surface area contributed by atoms with Gasteiger partial charge in [-0.2, -0.15) is 0 Å². The second kappa shape index (κ2) is 12.1. The fraction of sp³-hybridized carbons (Fsp3) is 0.0204. The predicted octanol–water partition coefficient (Wildman–Crippen LogP) is 15.0. The zero-order valence-electron chi connectivity index (χ0n) is 28.5. The van der Waals surface area contributed by atoms with E-state index in [9.17, 15) is 0 Å². The van der Waals surface area contributed by atoms with E-state index < -0.39 is 0 Å². The largest absolute Gasteiger partial charge is 0.464 e. The molecule has 0 spiro atoms. The summed E-state index contributed by atoms with van der Waals surface area (Å²) in [7, 11) is 0. The van der Waals surface area contributed by atoms with E-state index in [1.807, 2.05) is 35.6 Å². The van der Waals surface area contributed by atoms with Gasteiger partial charge in [0.2, 0.25) is 0 Å². The first-order chi connectivity index (χ1) is 25.7. The van der Waals surface area contributed by atoms with Crippen LogP contribution >= 0.6 is 11.3 Å². The van der Waals surface area contributed by atoms with Crippen molar-refractivity contribution in [3.63, 3.8) is 0 Å². The van der Waals surface area contributed by atoms with E-state index in [2.05, 4.69) is 141 Å². The molecule has 0 aliphatic carbocycles. The molecule has 3 heteroatoms. The van der Waals surface area contributed by atoms with Gasteiger partial charge in [0.15, 0.2) is 0 Å². The molecule has 0 radical (unpaired) electrons. The van der Waals surface area contributed by atoms with Gasteiger partial charge in [0, 0.05) is 31.3 Å². The maximum Gasteiger partial charge on any atom is 0.135 e. The lowest BCUT2D eigenvalue weighted by Gasteiger charge is -2.20. The number of allylic oxidation sites excluding steroid dienone is 1. The molecule has 10 aromatic rings. The first-order valence-electron chi connectivity index (χ1n) is 17.6. The van der Waals surface area contributed by atoms with Crippen LogP contribution in [0.1, 0.15) is 18.1 Å². The molecule has 0 aliphatic rings. The highest BCUT2D eigenvalue weighted by molar-refractivity contribution is 7.26. The van der Waals surface area contributed by atoms with Crippen molar-refractivity contribution in [2.75, 3.05) is 0 Å². The molecule has 3 heterocycles. The van der Waals surface area contributed by atoms with Gasteiger partial charge in [-0.15, -0.1) is 11.3 Å². The predicted molar refractivity (Wildman–Crippen MR) is 223 cm³/mol. The molecule has 2 nitrogen and oxygen atoms in total. The number of furan rings is 2. The number of thiophene rings is 1. The first kappa shape index (κ1) is 30.4. The first-order valence-corrected chi connectivity index (χ1v) is 18.4. The summed E-state index contributed by atoms with van der Waals surface area (Å²) >= 11 is 1.85. The van der Waals surface area contributed by atoms with Crippen LogP contribution in [-0.4, -0.2) is 0 Å². The number of hydrogen-bond donors (Lipinski definition) is 0. The third kappa shape index (κ3) is 4.50. The van der Waals surface area contributed by atoms with Crippen molar-refractivity contribution >= 4 is 76.0 Å². The third-order valence-corrected chi connectivity index (χ3v) is 11.5. The SMILES string of the molecule is C=Cc1c(/C=C\C)c(-c2ccco2)c2ccccc2c1-c1cccc2sc3ccc(-c4c5ccccc5c(-c5ccco5)c5ccccc45)cc3c12. The van der Waals surface area contributed by atoms with Gasteiger partial charge in [0.05, 0.1) is 12.5 Å². The number of hydrogen-bond acceptors (Lipinski definition) is 3. The minimum atomic E-state index is 0.848. The van der Waals surface area contributed by atoms with Crippen molar-refractivity contribution in [2.45, 2.75) is 6.92 Å². The van der Waals surface area contributed by atoms with Crippen molar-refractivity contribution < 1.29 is 8.83 Å². The Hall–Kier alpha value is -6.42. The fourth-order valence-corrected chi connectivity index (χ4v) is 9.44. The Kier molecular flexibility index (Phi) is 7.09. The normalized spacial score (nSPS) is 11.9. The van der Waals surface area contributed by atoms with Gasteiger partial charge < -0.3 is 8.83 Å². The van der Waals surface area contributed by atoms with Crippen LogP contribution in [0.4, 0.5) is 0 Å². The van der Waals surface area contributed by atoms with Gasteiger partial charge in [-0.05, 0) is 115 Å². The van der Waals surface area contributed by atoms with Crippen molar-refractivity contribution in [1.82, 2.24) is 0 Å². The Morgan fingerprint density at radius 2 is 1.08 bits per heavy atom. The molecule has 246 valence electrons. The van der Waals surface area contributed by atoms with Gasteiger partial charge in [-0.25, -0.2) is 0 Å². The minimum absolute atomic E-state index is 0.848. The second-order valence-corrected chi connectivity index (χ2v) is 14.2. The Morgan fingerprint density at radius 3 is 1.65 bits per heavy atom. The van der Waals surface area contributed by atoms with Gasteiger partial charge in [0.1, 0.15) is 11.5 Å². The molecule has 0 saturated carbocycles. The molecule has 0 fully saturated rings. The molecule has 0 saturated heterocycles. The van der Waals surface area contributed by atoms with Crippen molar-refractivity contribution in [2.24, 2.45) is 0 Å². The summed E-state index contributed by atoms with van der Waals surface area (Å²) < 4.78 is 14.6. The van der Waals surface area contributed by atoms with E-state index in [4.69, 9.17) is 8.83 Å². The zero-order chi connectivity index (χ0) is 34.8. The Balaban J connectivity index is 1.30. The van der Waals surface area contributed by atoms with E-state index in [0.717, 1.165) is 39.2 Å². The standard InChI is InChI=1S/C49H32O2S/c1-3-14-32-31(4-2)46(35-17-7-10-20-38(35)47(32)41-22-12-27-50-41)39-21-11-24-44-49(39)40-29-30(25-26-43(40)52-44)45-33-15-5-8-18-36(33)48(42-23-13-28-51-42)37-19-9-6-16-34(37)45/h3-29H,2H2,1H3/b14-3-. The molecular formula is C49H32O2S. The third-order valence-electron chi connectivity index (χ3n) is 10.4. The van der Waals surface area contributed by atoms with Crippen LogP contribution in [0.25, 0.3) is 110 Å². The quantitative estimate of drug-likeness (QED) is 0.163. The van der Waals surface area contributed by atoms with Crippen LogP contribution in [0.3, 0.4) is 0 Å². The summed E-state index contributed by atoms with van der Waals surface area (Å²) in [5.41, 5.74) is 9.22. The van der Waals surface area contributed by atoms with Crippen molar-refractivity contribution in [3.05, 3.63) is 170 Å². The average molecular weight is 685 g/mol. The number of rotatable bonds is 6. The summed E-state index contributed by atoms with van der Waals surface area (Å²) in [6.07, 6.45) is 9.81. The van der Waals surface area contributed by atoms with Gasteiger partial charge in [-0.1, -0.05) is 116 Å². The summed E-state index contributed by atoms with van der Waals surface area (Å²) in [5, 5.41) is 9.60. The Morgan fingerprint density at radius 1 is 0.500 bits per heavy atom. The van der Waals surface area contributed by atoms with Crippen LogP contribution in [0.5, 0.6) is 0 Å². The van der Waals surface area contributed by atoms with Crippen molar-refractivity contribution in [1.29, 1.82) is 0 Å². The van der Waals surface area contributed by atoms with Crippen LogP contribution < -0.4 is 0 Å². The monoisotopic (exact) mass is 684 g/mol. The lowest BCUT2D eigenvalue weighted by atomic mass is 9.83. The second-order valence-electron chi connectivity index (χ2n) is 13.1. The maximum absolute atomic E-state index is 6.05. The van der Waals surface area contributed by atoms with Crippen molar-refractivity contribution in [3.8, 4) is 44.9 Å². The fourth-order valence-electron chi connectivity index (χ4n) is 8.32. The maximum atomic E-state index is 6.05. The lowest BCUT2D eigenvalue weighted by Crippen LogP contribution is -1.96. The summed E-state index contributed by atoms with van der Waals surface area (Å²) in [6.45, 7) is 6.45. The zero-order valence-corrected chi connectivity index (χ0v) is 29.3. The molecule has 0 amide bonds. The molecule has 0 unspecified atom stereocenters. The molecule has 3 aromatic heterocycles. The van der Waals surface area contributed by atoms with Crippen LogP contribution in [-0.2, 0) is 0 Å². The lowest BCUT2D eigenvalue weighted by molar-refractivity contribution is 0.583. The topological polar surface area (TPSA) is 26.3 Å². The van der Waals surface area contributed by atoms with Crippen LogP contribution in [0, 0.1) is 0 Å². The molecule has 0 aliphatic heterocycles. The molecule has 0 N–H and O–H groups in total. The summed E-state index contributed by atoms with van der Waals surface area (Å²) in [5.74, 6) is 1.73. The molecule has 7 aromatic carbocycles. The van der Waals surface area contributed by atoms with Crippen LogP contribution in [0.2, 0.25) is 0 Å². The number of fused-ring (bicyclic) bond motifs is 6. The van der Waals surface area contributed by atoms with E-state index in [1.165, 1.54) is 69.4 Å². The van der Waals surface area contributed by atoms with E-state index in [1.54, 1.807) is 12.5 Å². The highest BCUT2D eigenvalue weighted by Gasteiger charge is 2.23. The molecule has 52 heavy (non-hydrogen) atoms. The Bertz CT molecular complexity index is 2970. The van der Waals surface area contributed by atoms with Gasteiger partial charge >= 0.3 is 0 Å². The molecule has 0 atom stereocenters. The van der Waals surface area contributed by atoms with E-state index in [-0.39, 0.29) is 0 Å². The highest BCUT2D eigenvalue weighted by Crippen LogP contribution is 2.49.